The molecule has 4 nitrogen and oxygen atoms in total. The summed E-state index contributed by atoms with van der Waals surface area (Å²) < 4.78 is 0. The van der Waals surface area contributed by atoms with Gasteiger partial charge in [-0.05, 0) is 44.2 Å². The molecule has 1 aliphatic rings. The molecular formula is C17H19N3O. The number of carbonyl (C=O) groups excluding carboxylic acids is 1. The van der Waals surface area contributed by atoms with Gasteiger partial charge in [-0.2, -0.15) is 0 Å². The van der Waals surface area contributed by atoms with Gasteiger partial charge in [0, 0.05) is 11.3 Å². The van der Waals surface area contributed by atoms with Crippen molar-refractivity contribution in [1.82, 2.24) is 15.3 Å². The summed E-state index contributed by atoms with van der Waals surface area (Å²) in [5, 5.41) is 3.13. The number of hydrogen-bond acceptors (Lipinski definition) is 3. The maximum atomic E-state index is 12.5. The highest BCUT2D eigenvalue weighted by Gasteiger charge is 2.23. The molecule has 0 radical (unpaired) electrons. The van der Waals surface area contributed by atoms with Crippen LogP contribution in [0.1, 0.15) is 51.8 Å². The van der Waals surface area contributed by atoms with E-state index in [1.807, 2.05) is 19.9 Å². The number of aromatic nitrogens is 2. The van der Waals surface area contributed by atoms with Crippen LogP contribution in [-0.4, -0.2) is 15.9 Å². The van der Waals surface area contributed by atoms with Crippen molar-refractivity contribution in [1.29, 1.82) is 0 Å². The van der Waals surface area contributed by atoms with Crippen LogP contribution in [0.2, 0.25) is 0 Å². The zero-order valence-electron chi connectivity index (χ0n) is 12.4. The van der Waals surface area contributed by atoms with Crippen molar-refractivity contribution in [2.75, 3.05) is 0 Å². The van der Waals surface area contributed by atoms with Crippen LogP contribution in [0.5, 0.6) is 0 Å². The molecule has 108 valence electrons. The van der Waals surface area contributed by atoms with Gasteiger partial charge in [-0.3, -0.25) is 4.79 Å². The Hall–Kier alpha value is -2.23. The van der Waals surface area contributed by atoms with Crippen molar-refractivity contribution in [3.63, 3.8) is 0 Å². The maximum Gasteiger partial charge on any atom is 0.270 e. The zero-order valence-corrected chi connectivity index (χ0v) is 12.4. The van der Waals surface area contributed by atoms with E-state index in [2.05, 4.69) is 33.5 Å². The number of hydrogen-bond donors (Lipinski definition) is 1. The number of amides is 1. The summed E-state index contributed by atoms with van der Waals surface area (Å²) in [6.45, 7) is 3.78. The Morgan fingerprint density at radius 1 is 1.24 bits per heavy atom. The van der Waals surface area contributed by atoms with E-state index in [1.54, 1.807) is 0 Å². The number of fused-ring (bicyclic) bond motifs is 1. The lowest BCUT2D eigenvalue weighted by molar-refractivity contribution is 0.0926. The second-order valence-electron chi connectivity index (χ2n) is 5.55. The molecular weight excluding hydrogens is 262 g/mol. The molecule has 0 aliphatic heterocycles. The van der Waals surface area contributed by atoms with E-state index in [9.17, 15) is 4.79 Å². The molecule has 0 saturated carbocycles. The monoisotopic (exact) mass is 281 g/mol. The minimum Gasteiger partial charge on any atom is -0.344 e. The SMILES string of the molecule is Cc1ncnc(C(=O)NC2CCCc3ccccc32)c1C. The quantitative estimate of drug-likeness (QED) is 0.921. The van der Waals surface area contributed by atoms with E-state index in [0.717, 1.165) is 30.5 Å². The van der Waals surface area contributed by atoms with Gasteiger partial charge in [-0.1, -0.05) is 24.3 Å². The average molecular weight is 281 g/mol. The number of nitrogens with zero attached hydrogens (tertiary/aromatic N) is 2. The summed E-state index contributed by atoms with van der Waals surface area (Å²) in [6.07, 6.45) is 4.62. The number of carbonyl (C=O) groups is 1. The van der Waals surface area contributed by atoms with Gasteiger partial charge in [0.05, 0.1) is 6.04 Å². The lowest BCUT2D eigenvalue weighted by Gasteiger charge is -2.26. The van der Waals surface area contributed by atoms with Crippen LogP contribution in [0, 0.1) is 13.8 Å². The Balaban J connectivity index is 1.85. The Bertz CT molecular complexity index is 681. The number of rotatable bonds is 2. The molecule has 1 N–H and O–H groups in total. The van der Waals surface area contributed by atoms with E-state index in [-0.39, 0.29) is 11.9 Å². The molecule has 1 aliphatic carbocycles. The minimum atomic E-state index is -0.111. The van der Waals surface area contributed by atoms with Crippen molar-refractivity contribution in [2.45, 2.75) is 39.2 Å². The van der Waals surface area contributed by atoms with Gasteiger partial charge in [0.2, 0.25) is 0 Å². The fraction of sp³-hybridized carbons (Fsp3) is 0.353. The van der Waals surface area contributed by atoms with E-state index < -0.39 is 0 Å². The molecule has 0 bridgehead atoms. The van der Waals surface area contributed by atoms with E-state index in [1.165, 1.54) is 17.5 Å². The van der Waals surface area contributed by atoms with Crippen LogP contribution in [-0.2, 0) is 6.42 Å². The lowest BCUT2D eigenvalue weighted by atomic mass is 9.87. The second kappa shape index (κ2) is 5.64. The number of nitrogens with one attached hydrogen (secondary N) is 1. The van der Waals surface area contributed by atoms with Gasteiger partial charge < -0.3 is 5.32 Å². The highest BCUT2D eigenvalue weighted by atomic mass is 16.1. The molecule has 1 unspecified atom stereocenters. The molecule has 1 heterocycles. The highest BCUT2D eigenvalue weighted by molar-refractivity contribution is 5.94. The van der Waals surface area contributed by atoms with Gasteiger partial charge in [0.25, 0.3) is 5.91 Å². The summed E-state index contributed by atoms with van der Waals surface area (Å²) >= 11 is 0. The van der Waals surface area contributed by atoms with Crippen LogP contribution in [0.4, 0.5) is 0 Å². The average Bonchev–Trinajstić information content (AvgIpc) is 2.50. The topological polar surface area (TPSA) is 54.9 Å². The minimum absolute atomic E-state index is 0.0807. The Labute approximate surface area is 124 Å². The lowest BCUT2D eigenvalue weighted by Crippen LogP contribution is -2.32. The molecule has 0 fully saturated rings. The van der Waals surface area contributed by atoms with Crippen LogP contribution in [0.3, 0.4) is 0 Å². The van der Waals surface area contributed by atoms with Crippen molar-refractivity contribution >= 4 is 5.91 Å². The van der Waals surface area contributed by atoms with Crippen molar-refractivity contribution < 1.29 is 4.79 Å². The molecule has 1 aromatic heterocycles. The fourth-order valence-corrected chi connectivity index (χ4v) is 2.90. The van der Waals surface area contributed by atoms with Gasteiger partial charge in [0.1, 0.15) is 12.0 Å². The third-order valence-corrected chi connectivity index (χ3v) is 4.23. The van der Waals surface area contributed by atoms with E-state index >= 15 is 0 Å². The van der Waals surface area contributed by atoms with E-state index in [4.69, 9.17) is 0 Å². The summed E-state index contributed by atoms with van der Waals surface area (Å²) in [5.41, 5.74) is 4.74. The molecule has 4 heteroatoms. The molecule has 21 heavy (non-hydrogen) atoms. The summed E-state index contributed by atoms with van der Waals surface area (Å²) in [4.78, 5) is 20.7. The first-order chi connectivity index (χ1) is 10.2. The first kappa shape index (κ1) is 13.7. The van der Waals surface area contributed by atoms with Crippen molar-refractivity contribution in [3.05, 3.63) is 58.7 Å². The van der Waals surface area contributed by atoms with Crippen molar-refractivity contribution in [3.8, 4) is 0 Å². The first-order valence-corrected chi connectivity index (χ1v) is 7.33. The third-order valence-electron chi connectivity index (χ3n) is 4.23. The highest BCUT2D eigenvalue weighted by Crippen LogP contribution is 2.29. The standard InChI is InChI=1S/C17H19N3O/c1-11-12(2)18-10-19-16(11)17(21)20-15-9-5-7-13-6-3-4-8-14(13)15/h3-4,6,8,10,15H,5,7,9H2,1-2H3,(H,20,21). The maximum absolute atomic E-state index is 12.5. The summed E-state index contributed by atoms with van der Waals surface area (Å²) in [7, 11) is 0. The molecule has 0 saturated heterocycles. The van der Waals surface area contributed by atoms with Crippen LogP contribution in [0.25, 0.3) is 0 Å². The molecule has 3 rings (SSSR count). The molecule has 0 spiro atoms. The number of benzene rings is 1. The van der Waals surface area contributed by atoms with Gasteiger partial charge in [-0.15, -0.1) is 0 Å². The number of aryl methyl sites for hydroxylation is 2. The van der Waals surface area contributed by atoms with Gasteiger partial charge in [0.15, 0.2) is 0 Å². The predicted octanol–water partition coefficient (Wildman–Crippen LogP) is 2.90. The van der Waals surface area contributed by atoms with Crippen LogP contribution < -0.4 is 5.32 Å². The Kier molecular flexibility index (Phi) is 3.69. The Morgan fingerprint density at radius 2 is 2.05 bits per heavy atom. The first-order valence-electron chi connectivity index (χ1n) is 7.33. The fourth-order valence-electron chi connectivity index (χ4n) is 2.90. The van der Waals surface area contributed by atoms with Gasteiger partial charge >= 0.3 is 0 Å². The molecule has 2 aromatic rings. The molecule has 1 aromatic carbocycles. The zero-order chi connectivity index (χ0) is 14.8. The van der Waals surface area contributed by atoms with Gasteiger partial charge in [-0.25, -0.2) is 9.97 Å². The molecule has 1 atom stereocenters. The smallest absolute Gasteiger partial charge is 0.270 e. The normalized spacial score (nSPS) is 17.1. The predicted molar refractivity (Wildman–Crippen MR) is 81.1 cm³/mol. The second-order valence-corrected chi connectivity index (χ2v) is 5.55. The Morgan fingerprint density at radius 3 is 2.90 bits per heavy atom. The van der Waals surface area contributed by atoms with Crippen LogP contribution >= 0.6 is 0 Å². The van der Waals surface area contributed by atoms with E-state index in [0.29, 0.717) is 5.69 Å². The van der Waals surface area contributed by atoms with Crippen LogP contribution in [0.15, 0.2) is 30.6 Å². The summed E-state index contributed by atoms with van der Waals surface area (Å²) in [5.74, 6) is -0.111. The van der Waals surface area contributed by atoms with Crippen molar-refractivity contribution in [2.24, 2.45) is 0 Å². The largest absolute Gasteiger partial charge is 0.344 e. The summed E-state index contributed by atoms with van der Waals surface area (Å²) in [6, 6.07) is 8.42. The molecule has 1 amide bonds. The third kappa shape index (κ3) is 2.66.